The molecule has 35 heavy (non-hydrogen) atoms. The first-order chi connectivity index (χ1) is 16.8. The number of anilines is 1. The Hall–Kier alpha value is -3.20. The van der Waals surface area contributed by atoms with Crippen LogP contribution in [-0.2, 0) is 16.3 Å². The maximum Gasteiger partial charge on any atom is 0.233 e. The van der Waals surface area contributed by atoms with E-state index in [0.29, 0.717) is 40.1 Å². The quantitative estimate of drug-likeness (QED) is 0.276. The third-order valence-electron chi connectivity index (χ3n) is 5.21. The fourth-order valence-electron chi connectivity index (χ4n) is 3.40. The minimum absolute atomic E-state index is 0.0466. The lowest BCUT2D eigenvalue weighted by Gasteiger charge is -2.10. The van der Waals surface area contributed by atoms with E-state index in [4.69, 9.17) is 37.1 Å². The number of hydrogen-bond acceptors (Lipinski definition) is 7. The second-order valence-corrected chi connectivity index (χ2v) is 10.2. The van der Waals surface area contributed by atoms with E-state index in [1.54, 1.807) is 38.5 Å². The van der Waals surface area contributed by atoms with Crippen molar-refractivity contribution in [3.63, 3.8) is 0 Å². The number of ether oxygens (including phenoxy) is 2. The van der Waals surface area contributed by atoms with Gasteiger partial charge in [-0.3, -0.25) is 0 Å². The summed E-state index contributed by atoms with van der Waals surface area (Å²) in [6, 6.07) is 18.3. The molecule has 1 heterocycles. The number of halogens is 2. The first kappa shape index (κ1) is 24.9. The van der Waals surface area contributed by atoms with Crippen LogP contribution >= 0.6 is 23.2 Å². The fourth-order valence-corrected chi connectivity index (χ4v) is 4.93. The molecule has 0 unspecified atom stereocenters. The lowest BCUT2D eigenvalue weighted by molar-refractivity contribution is 0.354. The molecule has 0 bridgehead atoms. The molecule has 7 nitrogen and oxygen atoms in total. The zero-order valence-corrected chi connectivity index (χ0v) is 21.2. The molecule has 0 radical (unpaired) electrons. The number of hydrogen-bond donors (Lipinski definition) is 1. The number of aromatic nitrogens is 1. The Balaban J connectivity index is 1.64. The molecule has 0 aliphatic carbocycles. The van der Waals surface area contributed by atoms with E-state index >= 15 is 0 Å². The summed E-state index contributed by atoms with van der Waals surface area (Å²) in [5.74, 6) is 1.44. The molecule has 0 saturated heterocycles. The molecule has 1 aromatic heterocycles. The number of sulfone groups is 1. The molecule has 0 amide bonds. The van der Waals surface area contributed by atoms with Crippen LogP contribution in [-0.4, -0.2) is 34.2 Å². The molecular formula is C25H22Cl2N2O5S. The van der Waals surface area contributed by atoms with Gasteiger partial charge in [-0.1, -0.05) is 29.3 Å². The van der Waals surface area contributed by atoms with Gasteiger partial charge in [0.1, 0.15) is 0 Å². The Labute approximate surface area is 213 Å². The third kappa shape index (κ3) is 5.56. The summed E-state index contributed by atoms with van der Waals surface area (Å²) in [5, 5.41) is 3.85. The van der Waals surface area contributed by atoms with Crippen molar-refractivity contribution in [1.29, 1.82) is 0 Å². The Kier molecular flexibility index (Phi) is 7.54. The van der Waals surface area contributed by atoms with Gasteiger partial charge in [0, 0.05) is 22.2 Å². The first-order valence-electron chi connectivity index (χ1n) is 10.5. The van der Waals surface area contributed by atoms with Gasteiger partial charge in [0.15, 0.2) is 11.5 Å². The normalized spacial score (nSPS) is 11.3. The van der Waals surface area contributed by atoms with Crippen LogP contribution < -0.4 is 14.8 Å². The fraction of sp³-hybridized carbons (Fsp3) is 0.160. The van der Waals surface area contributed by atoms with E-state index in [0.717, 1.165) is 5.56 Å². The van der Waals surface area contributed by atoms with E-state index < -0.39 is 9.84 Å². The molecule has 10 heteroatoms. The van der Waals surface area contributed by atoms with Crippen molar-refractivity contribution in [2.75, 3.05) is 26.1 Å². The Morgan fingerprint density at radius 3 is 2.14 bits per heavy atom. The molecule has 0 saturated carbocycles. The maximum atomic E-state index is 13.4. The van der Waals surface area contributed by atoms with Gasteiger partial charge in [0.2, 0.25) is 26.6 Å². The molecule has 182 valence electrons. The standard InChI is InChI=1S/C25H22Cl2N2O5S/c1-32-21-12-3-16(15-22(21)33-2)13-14-28-24-25(35(30,31)20-10-8-19(27)9-11-20)29-23(34-24)17-4-6-18(26)7-5-17/h3-12,15,28H,13-14H2,1-2H3. The summed E-state index contributed by atoms with van der Waals surface area (Å²) in [4.78, 5) is 4.38. The number of oxazole rings is 1. The van der Waals surface area contributed by atoms with E-state index in [-0.39, 0.29) is 21.7 Å². The van der Waals surface area contributed by atoms with Crippen LogP contribution in [0.15, 0.2) is 81.1 Å². The minimum Gasteiger partial charge on any atom is -0.493 e. The Bertz CT molecular complexity index is 1420. The van der Waals surface area contributed by atoms with Crippen LogP contribution in [0.2, 0.25) is 10.0 Å². The van der Waals surface area contributed by atoms with E-state index in [1.165, 1.54) is 24.3 Å². The molecule has 0 aliphatic heterocycles. The molecule has 0 atom stereocenters. The summed E-state index contributed by atoms with van der Waals surface area (Å²) < 4.78 is 43.3. The van der Waals surface area contributed by atoms with Gasteiger partial charge in [0.05, 0.1) is 19.1 Å². The molecule has 0 spiro atoms. The molecule has 4 rings (SSSR count). The van der Waals surface area contributed by atoms with Gasteiger partial charge in [-0.15, -0.1) is 0 Å². The van der Waals surface area contributed by atoms with Crippen LogP contribution in [0.5, 0.6) is 11.5 Å². The van der Waals surface area contributed by atoms with E-state index in [2.05, 4.69) is 10.3 Å². The van der Waals surface area contributed by atoms with Crippen molar-refractivity contribution < 1.29 is 22.3 Å². The van der Waals surface area contributed by atoms with E-state index in [9.17, 15) is 8.42 Å². The van der Waals surface area contributed by atoms with Gasteiger partial charge in [0.25, 0.3) is 0 Å². The number of benzene rings is 3. The lowest BCUT2D eigenvalue weighted by atomic mass is 10.1. The predicted molar refractivity (Wildman–Crippen MR) is 136 cm³/mol. The monoisotopic (exact) mass is 532 g/mol. The van der Waals surface area contributed by atoms with Crippen LogP contribution in [0, 0.1) is 0 Å². The van der Waals surface area contributed by atoms with Crippen LogP contribution in [0.1, 0.15) is 5.56 Å². The highest BCUT2D eigenvalue weighted by atomic mass is 35.5. The van der Waals surface area contributed by atoms with Gasteiger partial charge in [-0.25, -0.2) is 8.42 Å². The molecular weight excluding hydrogens is 511 g/mol. The molecule has 0 fully saturated rings. The van der Waals surface area contributed by atoms with Crippen molar-refractivity contribution >= 4 is 38.9 Å². The summed E-state index contributed by atoms with van der Waals surface area (Å²) in [7, 11) is -0.842. The second kappa shape index (κ2) is 10.6. The number of rotatable bonds is 9. The maximum absolute atomic E-state index is 13.4. The molecule has 0 aliphatic rings. The Morgan fingerprint density at radius 2 is 1.51 bits per heavy atom. The zero-order chi connectivity index (χ0) is 25.0. The van der Waals surface area contributed by atoms with Crippen molar-refractivity contribution in [3.8, 4) is 23.0 Å². The van der Waals surface area contributed by atoms with Gasteiger partial charge in [-0.2, -0.15) is 4.98 Å². The highest BCUT2D eigenvalue weighted by molar-refractivity contribution is 7.91. The third-order valence-corrected chi connectivity index (χ3v) is 7.40. The highest BCUT2D eigenvalue weighted by Crippen LogP contribution is 2.33. The topological polar surface area (TPSA) is 90.7 Å². The second-order valence-electron chi connectivity index (χ2n) is 7.48. The summed E-state index contributed by atoms with van der Waals surface area (Å²) in [6.45, 7) is 0.383. The van der Waals surface area contributed by atoms with E-state index in [1.807, 2.05) is 18.2 Å². The average molecular weight is 533 g/mol. The van der Waals surface area contributed by atoms with Crippen molar-refractivity contribution in [3.05, 3.63) is 82.3 Å². The molecule has 4 aromatic rings. The summed E-state index contributed by atoms with van der Waals surface area (Å²) >= 11 is 11.9. The minimum atomic E-state index is -3.99. The SMILES string of the molecule is COc1ccc(CCNc2oc(-c3ccc(Cl)cc3)nc2S(=O)(=O)c2ccc(Cl)cc2)cc1OC. The molecule has 1 N–H and O–H groups in total. The largest absolute Gasteiger partial charge is 0.493 e. The predicted octanol–water partition coefficient (Wildman–Crippen LogP) is 6.15. The van der Waals surface area contributed by atoms with Crippen molar-refractivity contribution in [2.45, 2.75) is 16.3 Å². The van der Waals surface area contributed by atoms with Crippen LogP contribution in [0.3, 0.4) is 0 Å². The van der Waals surface area contributed by atoms with Crippen molar-refractivity contribution in [2.24, 2.45) is 0 Å². The highest BCUT2D eigenvalue weighted by Gasteiger charge is 2.28. The first-order valence-corrected chi connectivity index (χ1v) is 12.8. The Morgan fingerprint density at radius 1 is 0.886 bits per heavy atom. The number of methoxy groups -OCH3 is 2. The van der Waals surface area contributed by atoms with Gasteiger partial charge >= 0.3 is 0 Å². The van der Waals surface area contributed by atoms with Crippen LogP contribution in [0.25, 0.3) is 11.5 Å². The average Bonchev–Trinajstić information content (AvgIpc) is 3.29. The summed E-state index contributed by atoms with van der Waals surface area (Å²) in [5.41, 5.74) is 1.56. The van der Waals surface area contributed by atoms with Gasteiger partial charge in [-0.05, 0) is 72.6 Å². The number of nitrogens with zero attached hydrogens (tertiary/aromatic N) is 1. The smallest absolute Gasteiger partial charge is 0.233 e. The van der Waals surface area contributed by atoms with Gasteiger partial charge < -0.3 is 19.2 Å². The molecule has 3 aromatic carbocycles. The lowest BCUT2D eigenvalue weighted by Crippen LogP contribution is -2.10. The summed E-state index contributed by atoms with van der Waals surface area (Å²) in [6.07, 6.45) is 0.567. The van der Waals surface area contributed by atoms with Crippen LogP contribution in [0.4, 0.5) is 5.88 Å². The van der Waals surface area contributed by atoms with Crippen molar-refractivity contribution in [1.82, 2.24) is 4.98 Å². The number of nitrogens with one attached hydrogen (secondary N) is 1. The zero-order valence-electron chi connectivity index (χ0n) is 18.9.